The first-order valence-electron chi connectivity index (χ1n) is 6.24. The van der Waals surface area contributed by atoms with Crippen molar-refractivity contribution >= 4 is 23.2 Å². The molecule has 122 valence electrons. The Bertz CT molecular complexity index is 747. The number of alkyl halides is 3. The Kier molecular flexibility index (Phi) is 4.79. The van der Waals surface area contributed by atoms with E-state index in [9.17, 15) is 22.4 Å². The fourth-order valence-electron chi connectivity index (χ4n) is 1.80. The number of benzene rings is 2. The van der Waals surface area contributed by atoms with Crippen molar-refractivity contribution in [2.24, 2.45) is 0 Å². The second-order valence-corrected chi connectivity index (χ2v) is 4.90. The molecule has 0 bridgehead atoms. The molecule has 0 aliphatic heterocycles. The van der Waals surface area contributed by atoms with Crippen LogP contribution in [0.4, 0.5) is 23.2 Å². The molecular formula is C15H10ClF4NO2. The average Bonchev–Trinajstić information content (AvgIpc) is 2.48. The Labute approximate surface area is 133 Å². The molecule has 0 atom stereocenters. The molecule has 0 aliphatic carbocycles. The fraction of sp³-hybridized carbons (Fsp3) is 0.133. The zero-order valence-corrected chi connectivity index (χ0v) is 12.4. The Morgan fingerprint density at radius 3 is 2.43 bits per heavy atom. The van der Waals surface area contributed by atoms with E-state index in [1.165, 1.54) is 19.2 Å². The molecule has 8 heteroatoms. The van der Waals surface area contributed by atoms with Crippen LogP contribution in [-0.2, 0) is 6.18 Å². The summed E-state index contributed by atoms with van der Waals surface area (Å²) in [5, 5.41) is 2.16. The van der Waals surface area contributed by atoms with E-state index < -0.39 is 23.5 Å². The minimum absolute atomic E-state index is 0.0568. The highest BCUT2D eigenvalue weighted by atomic mass is 35.5. The summed E-state index contributed by atoms with van der Waals surface area (Å²) in [5.41, 5.74) is -1.27. The van der Waals surface area contributed by atoms with Gasteiger partial charge in [0, 0.05) is 5.56 Å². The van der Waals surface area contributed by atoms with Crippen LogP contribution in [-0.4, -0.2) is 13.0 Å². The summed E-state index contributed by atoms with van der Waals surface area (Å²) in [7, 11) is 1.26. The van der Waals surface area contributed by atoms with Gasteiger partial charge in [0.2, 0.25) is 0 Å². The lowest BCUT2D eigenvalue weighted by Gasteiger charge is -2.12. The first-order chi connectivity index (χ1) is 10.7. The normalized spacial score (nSPS) is 11.2. The smallest absolute Gasteiger partial charge is 0.416 e. The highest BCUT2D eigenvalue weighted by molar-refractivity contribution is 6.34. The molecule has 2 aromatic rings. The quantitative estimate of drug-likeness (QED) is 0.813. The number of anilines is 1. The first kappa shape index (κ1) is 17.1. The fourth-order valence-corrected chi connectivity index (χ4v) is 1.96. The van der Waals surface area contributed by atoms with E-state index in [1.54, 1.807) is 0 Å². The molecule has 0 spiro atoms. The molecule has 23 heavy (non-hydrogen) atoms. The van der Waals surface area contributed by atoms with Gasteiger partial charge in [0.25, 0.3) is 5.91 Å². The van der Waals surface area contributed by atoms with E-state index in [0.29, 0.717) is 6.07 Å². The van der Waals surface area contributed by atoms with Crippen molar-refractivity contribution < 1.29 is 27.1 Å². The number of hydrogen-bond acceptors (Lipinski definition) is 2. The number of methoxy groups -OCH3 is 1. The molecule has 0 saturated heterocycles. The maximum absolute atomic E-state index is 13.6. The number of amides is 1. The van der Waals surface area contributed by atoms with Crippen LogP contribution in [0.1, 0.15) is 15.9 Å². The molecule has 1 amide bonds. The lowest BCUT2D eigenvalue weighted by molar-refractivity contribution is -0.137. The van der Waals surface area contributed by atoms with E-state index in [4.69, 9.17) is 16.3 Å². The van der Waals surface area contributed by atoms with E-state index in [2.05, 4.69) is 5.32 Å². The zero-order chi connectivity index (χ0) is 17.2. The third-order valence-electron chi connectivity index (χ3n) is 2.96. The van der Waals surface area contributed by atoms with E-state index in [0.717, 1.165) is 18.2 Å². The van der Waals surface area contributed by atoms with Gasteiger partial charge < -0.3 is 10.1 Å². The van der Waals surface area contributed by atoms with Crippen LogP contribution in [0, 0.1) is 5.82 Å². The molecule has 0 unspecified atom stereocenters. The van der Waals surface area contributed by atoms with Crippen LogP contribution >= 0.6 is 11.6 Å². The standard InChI is InChI=1S/C15H10ClF4NO2/c1-23-13-5-2-8(6-11(13)17)14(22)21-12-7-9(15(18,19)20)3-4-10(12)16/h2-7H,1H3,(H,21,22). The van der Waals surface area contributed by atoms with E-state index >= 15 is 0 Å². The Balaban J connectivity index is 2.28. The molecule has 3 nitrogen and oxygen atoms in total. The maximum atomic E-state index is 13.6. The zero-order valence-electron chi connectivity index (χ0n) is 11.7. The van der Waals surface area contributed by atoms with Crippen molar-refractivity contribution in [3.8, 4) is 5.75 Å². The summed E-state index contributed by atoms with van der Waals surface area (Å²) in [6.45, 7) is 0. The molecule has 0 aromatic heterocycles. The van der Waals surface area contributed by atoms with Crippen molar-refractivity contribution in [1.29, 1.82) is 0 Å². The molecule has 2 aromatic carbocycles. The van der Waals surface area contributed by atoms with Gasteiger partial charge in [-0.05, 0) is 36.4 Å². The van der Waals surface area contributed by atoms with Crippen molar-refractivity contribution in [2.45, 2.75) is 6.18 Å². The Morgan fingerprint density at radius 1 is 1.17 bits per heavy atom. The molecule has 0 saturated carbocycles. The van der Waals surface area contributed by atoms with E-state index in [1.807, 2.05) is 0 Å². The second kappa shape index (κ2) is 6.45. The number of halogens is 5. The monoisotopic (exact) mass is 347 g/mol. The summed E-state index contributed by atoms with van der Waals surface area (Å²) in [5.74, 6) is -1.62. The third-order valence-corrected chi connectivity index (χ3v) is 3.29. The molecular weight excluding hydrogens is 338 g/mol. The molecule has 1 N–H and O–H groups in total. The van der Waals surface area contributed by atoms with Gasteiger partial charge in [-0.2, -0.15) is 13.2 Å². The number of ether oxygens (including phenoxy) is 1. The van der Waals surface area contributed by atoms with Crippen LogP contribution in [0.25, 0.3) is 0 Å². The predicted molar refractivity (Wildman–Crippen MR) is 77.4 cm³/mol. The SMILES string of the molecule is COc1ccc(C(=O)Nc2cc(C(F)(F)F)ccc2Cl)cc1F. The minimum atomic E-state index is -4.57. The summed E-state index contributed by atoms with van der Waals surface area (Å²) in [6, 6.07) is 5.95. The van der Waals surface area contributed by atoms with Crippen LogP contribution < -0.4 is 10.1 Å². The van der Waals surface area contributed by atoms with Crippen molar-refractivity contribution in [2.75, 3.05) is 12.4 Å². The van der Waals surface area contributed by atoms with Gasteiger partial charge in [0.05, 0.1) is 23.4 Å². The van der Waals surface area contributed by atoms with Gasteiger partial charge in [0.1, 0.15) is 0 Å². The van der Waals surface area contributed by atoms with Gasteiger partial charge in [-0.25, -0.2) is 4.39 Å². The van der Waals surface area contributed by atoms with Crippen molar-refractivity contribution in [3.05, 3.63) is 58.4 Å². The number of nitrogens with one attached hydrogen (secondary N) is 1. The summed E-state index contributed by atoms with van der Waals surface area (Å²) < 4.78 is 56.3. The molecule has 2 rings (SSSR count). The van der Waals surface area contributed by atoms with Gasteiger partial charge in [-0.1, -0.05) is 11.6 Å². The maximum Gasteiger partial charge on any atom is 0.416 e. The number of rotatable bonds is 3. The topological polar surface area (TPSA) is 38.3 Å². The van der Waals surface area contributed by atoms with Gasteiger partial charge in [-0.15, -0.1) is 0 Å². The molecule has 0 aliphatic rings. The Morgan fingerprint density at radius 2 is 1.87 bits per heavy atom. The molecule has 0 heterocycles. The van der Waals surface area contributed by atoms with Gasteiger partial charge >= 0.3 is 6.18 Å². The van der Waals surface area contributed by atoms with Crippen molar-refractivity contribution in [1.82, 2.24) is 0 Å². The van der Waals surface area contributed by atoms with Crippen LogP contribution in [0.5, 0.6) is 5.75 Å². The summed E-state index contributed by atoms with van der Waals surface area (Å²) in [4.78, 5) is 12.0. The Hall–Kier alpha value is -2.28. The summed E-state index contributed by atoms with van der Waals surface area (Å²) in [6.07, 6.45) is -4.57. The molecule has 0 radical (unpaired) electrons. The van der Waals surface area contributed by atoms with Crippen molar-refractivity contribution in [3.63, 3.8) is 0 Å². The van der Waals surface area contributed by atoms with Crippen LogP contribution in [0.2, 0.25) is 5.02 Å². The largest absolute Gasteiger partial charge is 0.494 e. The number of carbonyl (C=O) groups is 1. The highest BCUT2D eigenvalue weighted by Gasteiger charge is 2.31. The van der Waals surface area contributed by atoms with Crippen LogP contribution in [0.3, 0.4) is 0 Å². The van der Waals surface area contributed by atoms with Gasteiger partial charge in [-0.3, -0.25) is 4.79 Å². The lowest BCUT2D eigenvalue weighted by atomic mass is 10.1. The number of carbonyl (C=O) groups excluding carboxylic acids is 1. The van der Waals surface area contributed by atoms with Gasteiger partial charge in [0.15, 0.2) is 11.6 Å². The second-order valence-electron chi connectivity index (χ2n) is 4.50. The molecule has 0 fully saturated rings. The van der Waals surface area contributed by atoms with E-state index in [-0.39, 0.29) is 22.0 Å². The highest BCUT2D eigenvalue weighted by Crippen LogP contribution is 2.34. The first-order valence-corrected chi connectivity index (χ1v) is 6.62. The summed E-state index contributed by atoms with van der Waals surface area (Å²) >= 11 is 5.78. The lowest BCUT2D eigenvalue weighted by Crippen LogP contribution is -2.14. The predicted octanol–water partition coefficient (Wildman–Crippen LogP) is 4.76. The average molecular weight is 348 g/mol. The third kappa shape index (κ3) is 3.92. The van der Waals surface area contributed by atoms with Crippen LogP contribution in [0.15, 0.2) is 36.4 Å². The number of hydrogen-bond donors (Lipinski definition) is 1. The minimum Gasteiger partial charge on any atom is -0.494 e.